The van der Waals surface area contributed by atoms with E-state index in [0.717, 1.165) is 60.7 Å². The van der Waals surface area contributed by atoms with Gasteiger partial charge in [-0.2, -0.15) is 0 Å². The Hall–Kier alpha value is -2.70. The van der Waals surface area contributed by atoms with E-state index in [9.17, 15) is 4.39 Å². The maximum atomic E-state index is 13.6. The van der Waals surface area contributed by atoms with Gasteiger partial charge < -0.3 is 4.74 Å². The summed E-state index contributed by atoms with van der Waals surface area (Å²) < 4.78 is 18.7. The number of ether oxygens (including phenoxy) is 1. The lowest BCUT2D eigenvalue weighted by atomic mass is 10.0. The molecule has 1 saturated heterocycles. The van der Waals surface area contributed by atoms with Crippen LogP contribution in [0.15, 0.2) is 48.8 Å². The van der Waals surface area contributed by atoms with Gasteiger partial charge >= 0.3 is 0 Å². The number of benzene rings is 1. The van der Waals surface area contributed by atoms with Crippen molar-refractivity contribution < 1.29 is 9.13 Å². The number of hydrogen-bond acceptors (Lipinski definition) is 5. The van der Waals surface area contributed by atoms with Crippen molar-refractivity contribution in [1.82, 2.24) is 19.9 Å². The largest absolute Gasteiger partial charge is 0.384 e. The molecular formula is C25H29FN4O. The smallest absolute Gasteiger partial charge is 0.130 e. The first kappa shape index (κ1) is 21.5. The van der Waals surface area contributed by atoms with Crippen molar-refractivity contribution in [3.63, 3.8) is 0 Å². The van der Waals surface area contributed by atoms with E-state index >= 15 is 0 Å². The number of aromatic nitrogens is 3. The van der Waals surface area contributed by atoms with Gasteiger partial charge in [-0.15, -0.1) is 0 Å². The summed E-state index contributed by atoms with van der Waals surface area (Å²) in [6, 6.07) is 11.4. The number of pyridine rings is 1. The highest BCUT2D eigenvalue weighted by Gasteiger charge is 2.27. The van der Waals surface area contributed by atoms with Crippen molar-refractivity contribution >= 4 is 0 Å². The topological polar surface area (TPSA) is 51.1 Å². The van der Waals surface area contributed by atoms with E-state index in [1.54, 1.807) is 19.2 Å². The number of nitrogens with zero attached hydrogens (tertiary/aromatic N) is 4. The molecule has 1 atom stereocenters. The maximum Gasteiger partial charge on any atom is 0.130 e. The maximum absolute atomic E-state index is 13.6. The quantitative estimate of drug-likeness (QED) is 0.539. The SMILES string of the molecule is COCCc1ncc(CN2CCC[C@@H]2c2cc(Cc3cccc(F)c3)cc(C)n2)cn1. The van der Waals surface area contributed by atoms with Crippen LogP contribution in [-0.4, -0.2) is 40.1 Å². The van der Waals surface area contributed by atoms with Crippen LogP contribution < -0.4 is 0 Å². The molecule has 0 spiro atoms. The van der Waals surface area contributed by atoms with Gasteiger partial charge in [0.2, 0.25) is 0 Å². The standard InChI is InChI=1S/C25H29FN4O/c1-18-11-20(12-19-5-3-6-22(26)13-19)14-23(29-18)24-7-4-9-30(24)17-21-15-27-25(28-16-21)8-10-31-2/h3,5-6,11,13-16,24H,4,7-10,12,17H2,1-2H3/t24-/m1/s1. The molecule has 5 nitrogen and oxygen atoms in total. The third kappa shape index (κ3) is 5.71. The monoisotopic (exact) mass is 420 g/mol. The lowest BCUT2D eigenvalue weighted by Gasteiger charge is -2.24. The number of rotatable bonds is 8. The van der Waals surface area contributed by atoms with E-state index in [2.05, 4.69) is 27.0 Å². The zero-order valence-corrected chi connectivity index (χ0v) is 18.2. The summed E-state index contributed by atoms with van der Waals surface area (Å²) in [6.45, 7) is 4.50. The zero-order chi connectivity index (χ0) is 21.6. The minimum Gasteiger partial charge on any atom is -0.384 e. The summed E-state index contributed by atoms with van der Waals surface area (Å²) >= 11 is 0. The Morgan fingerprint density at radius 1 is 1.10 bits per heavy atom. The molecule has 3 heterocycles. The molecular weight excluding hydrogens is 391 g/mol. The molecule has 1 aliphatic heterocycles. The van der Waals surface area contributed by atoms with E-state index in [4.69, 9.17) is 9.72 Å². The molecule has 0 bridgehead atoms. The molecule has 3 aromatic rings. The summed E-state index contributed by atoms with van der Waals surface area (Å²) in [6.07, 6.45) is 7.51. The van der Waals surface area contributed by atoms with E-state index in [0.29, 0.717) is 13.0 Å². The molecule has 2 aromatic heterocycles. The van der Waals surface area contributed by atoms with Crippen molar-refractivity contribution in [2.24, 2.45) is 0 Å². The predicted octanol–water partition coefficient (Wildman–Crippen LogP) is 4.44. The molecule has 0 aliphatic carbocycles. The van der Waals surface area contributed by atoms with Gasteiger partial charge in [0.25, 0.3) is 0 Å². The molecule has 0 saturated carbocycles. The molecule has 1 fully saturated rings. The summed E-state index contributed by atoms with van der Waals surface area (Å²) in [5.41, 5.74) is 5.36. The van der Waals surface area contributed by atoms with Crippen molar-refractivity contribution in [3.05, 3.63) is 88.5 Å². The number of aryl methyl sites for hydroxylation is 1. The molecule has 0 amide bonds. The van der Waals surface area contributed by atoms with Gasteiger partial charge in [0.05, 0.1) is 18.3 Å². The van der Waals surface area contributed by atoms with Crippen molar-refractivity contribution in [1.29, 1.82) is 0 Å². The first-order valence-corrected chi connectivity index (χ1v) is 10.9. The van der Waals surface area contributed by atoms with Gasteiger partial charge in [-0.3, -0.25) is 9.88 Å². The number of methoxy groups -OCH3 is 1. The Bertz CT molecular complexity index is 1010. The molecule has 0 N–H and O–H groups in total. The fourth-order valence-electron chi connectivity index (χ4n) is 4.29. The third-order valence-corrected chi connectivity index (χ3v) is 5.71. The molecule has 0 radical (unpaired) electrons. The number of halogens is 1. The minimum absolute atomic E-state index is 0.194. The predicted molar refractivity (Wildman–Crippen MR) is 118 cm³/mol. The Morgan fingerprint density at radius 3 is 2.71 bits per heavy atom. The normalized spacial score (nSPS) is 16.7. The Kier molecular flexibility index (Phi) is 6.99. The highest BCUT2D eigenvalue weighted by Crippen LogP contribution is 2.33. The fraction of sp³-hybridized carbons (Fsp3) is 0.400. The first-order valence-electron chi connectivity index (χ1n) is 10.9. The van der Waals surface area contributed by atoms with Crippen LogP contribution in [0.1, 0.15) is 52.8 Å². The Labute approximate surface area is 183 Å². The molecule has 1 aromatic carbocycles. The minimum atomic E-state index is -0.194. The van der Waals surface area contributed by atoms with E-state index in [1.165, 1.54) is 11.6 Å². The lowest BCUT2D eigenvalue weighted by molar-refractivity contribution is 0.200. The van der Waals surface area contributed by atoms with Crippen LogP contribution >= 0.6 is 0 Å². The summed E-state index contributed by atoms with van der Waals surface area (Å²) in [7, 11) is 1.69. The average Bonchev–Trinajstić information content (AvgIpc) is 3.21. The van der Waals surface area contributed by atoms with Crippen LogP contribution in [0.25, 0.3) is 0 Å². The Balaban J connectivity index is 1.48. The van der Waals surface area contributed by atoms with Crippen molar-refractivity contribution in [3.8, 4) is 0 Å². The number of hydrogen-bond donors (Lipinski definition) is 0. The molecule has 162 valence electrons. The van der Waals surface area contributed by atoms with Crippen LogP contribution in [0.3, 0.4) is 0 Å². The van der Waals surface area contributed by atoms with E-state index in [1.807, 2.05) is 25.4 Å². The second-order valence-electron chi connectivity index (χ2n) is 8.23. The molecule has 0 unspecified atom stereocenters. The molecule has 4 rings (SSSR count). The molecule has 1 aliphatic rings. The van der Waals surface area contributed by atoms with Crippen LogP contribution in [-0.2, 0) is 24.1 Å². The number of likely N-dealkylation sites (tertiary alicyclic amines) is 1. The summed E-state index contributed by atoms with van der Waals surface area (Å²) in [4.78, 5) is 16.3. The van der Waals surface area contributed by atoms with Crippen LogP contribution in [0.2, 0.25) is 0 Å². The van der Waals surface area contributed by atoms with Gasteiger partial charge in [-0.05, 0) is 68.1 Å². The third-order valence-electron chi connectivity index (χ3n) is 5.71. The highest BCUT2D eigenvalue weighted by molar-refractivity contribution is 5.30. The summed E-state index contributed by atoms with van der Waals surface area (Å²) in [5.74, 6) is 0.617. The van der Waals surface area contributed by atoms with Gasteiger partial charge in [-0.1, -0.05) is 12.1 Å². The second kappa shape index (κ2) is 10.1. The Morgan fingerprint density at radius 2 is 1.94 bits per heavy atom. The van der Waals surface area contributed by atoms with Crippen LogP contribution in [0, 0.1) is 12.7 Å². The van der Waals surface area contributed by atoms with Crippen molar-refractivity contribution in [2.75, 3.05) is 20.3 Å². The average molecular weight is 421 g/mol. The molecule has 6 heteroatoms. The van der Waals surface area contributed by atoms with Crippen LogP contribution in [0.5, 0.6) is 0 Å². The fourth-order valence-corrected chi connectivity index (χ4v) is 4.29. The first-order chi connectivity index (χ1) is 15.1. The molecule has 31 heavy (non-hydrogen) atoms. The van der Waals surface area contributed by atoms with E-state index in [-0.39, 0.29) is 11.9 Å². The zero-order valence-electron chi connectivity index (χ0n) is 18.2. The van der Waals surface area contributed by atoms with Crippen molar-refractivity contribution in [2.45, 2.75) is 45.2 Å². The van der Waals surface area contributed by atoms with E-state index < -0.39 is 0 Å². The highest BCUT2D eigenvalue weighted by atomic mass is 19.1. The summed E-state index contributed by atoms with van der Waals surface area (Å²) in [5, 5.41) is 0. The van der Waals surface area contributed by atoms with Gasteiger partial charge in [0.1, 0.15) is 11.6 Å². The van der Waals surface area contributed by atoms with Gasteiger partial charge in [0, 0.05) is 43.7 Å². The van der Waals surface area contributed by atoms with Gasteiger partial charge in [-0.25, -0.2) is 14.4 Å². The van der Waals surface area contributed by atoms with Gasteiger partial charge in [0.15, 0.2) is 0 Å². The lowest BCUT2D eigenvalue weighted by Crippen LogP contribution is -2.24. The second-order valence-corrected chi connectivity index (χ2v) is 8.23. The van der Waals surface area contributed by atoms with Crippen LogP contribution in [0.4, 0.5) is 4.39 Å².